The molecule has 2 unspecified atom stereocenters. The van der Waals surface area contributed by atoms with E-state index in [0.717, 1.165) is 25.3 Å². The fraction of sp³-hybridized carbons (Fsp3) is 0.659. The van der Waals surface area contributed by atoms with Crippen molar-refractivity contribution >= 4 is 29.1 Å². The number of rotatable bonds is 4. The van der Waals surface area contributed by atoms with Gasteiger partial charge in [0, 0.05) is 37.2 Å². The molecule has 0 spiro atoms. The second-order valence-electron chi connectivity index (χ2n) is 17.7. The quantitative estimate of drug-likeness (QED) is 0.0788. The smallest absolute Gasteiger partial charge is 0.342 e. The summed E-state index contributed by atoms with van der Waals surface area (Å²) in [6.07, 6.45) is 17.5. The number of cyclic esters (lactones) is 1. The largest absolute Gasteiger partial charge is 0.507 e. The summed E-state index contributed by atoms with van der Waals surface area (Å²) >= 11 is 6.52. The van der Waals surface area contributed by atoms with Gasteiger partial charge in [0.15, 0.2) is 5.78 Å². The Bertz CT molecular complexity index is 1810. The van der Waals surface area contributed by atoms with Crippen LogP contribution in [0.15, 0.2) is 35.0 Å². The molecule has 4 aliphatic carbocycles. The van der Waals surface area contributed by atoms with Gasteiger partial charge in [0.2, 0.25) is 0 Å². The molecule has 0 aromatic heterocycles. The summed E-state index contributed by atoms with van der Waals surface area (Å²) in [5.41, 5.74) is 2.76. The second kappa shape index (κ2) is 14.4. The van der Waals surface area contributed by atoms with Gasteiger partial charge in [-0.3, -0.25) is 4.79 Å². The molecular formula is C44H56ClNO7. The van der Waals surface area contributed by atoms with Crippen molar-refractivity contribution in [1.29, 1.82) is 0 Å². The summed E-state index contributed by atoms with van der Waals surface area (Å²) in [4.78, 5) is 31.3. The first-order valence-electron chi connectivity index (χ1n) is 19.9. The number of ether oxygens (including phenoxy) is 2. The predicted molar refractivity (Wildman–Crippen MR) is 205 cm³/mol. The minimum Gasteiger partial charge on any atom is -0.507 e. The predicted octanol–water partition coefficient (Wildman–Crippen LogP) is 9.43. The van der Waals surface area contributed by atoms with Gasteiger partial charge in [-0.25, -0.2) is 4.79 Å². The highest BCUT2D eigenvalue weighted by Gasteiger charge is 2.69. The van der Waals surface area contributed by atoms with Gasteiger partial charge in [-0.2, -0.15) is 0 Å². The van der Waals surface area contributed by atoms with E-state index < -0.39 is 17.8 Å². The van der Waals surface area contributed by atoms with Crippen LogP contribution in [0, 0.1) is 45.3 Å². The van der Waals surface area contributed by atoms with Crippen molar-refractivity contribution in [1.82, 2.24) is 0 Å². The number of oxime groups is 1. The number of hydrogen-bond donors (Lipinski definition) is 2. The molecule has 286 valence electrons. The fourth-order valence-electron chi connectivity index (χ4n) is 11.3. The Balaban J connectivity index is 1.01. The van der Waals surface area contributed by atoms with Gasteiger partial charge >= 0.3 is 5.97 Å². The van der Waals surface area contributed by atoms with Crippen LogP contribution >= 0.6 is 11.6 Å². The summed E-state index contributed by atoms with van der Waals surface area (Å²) in [6, 6.07) is 1.06. The lowest BCUT2D eigenvalue weighted by molar-refractivity contribution is -0.148. The van der Waals surface area contributed by atoms with Gasteiger partial charge in [-0.1, -0.05) is 61.2 Å². The number of allylic oxidation sites excluding steroid dienone is 2. The van der Waals surface area contributed by atoms with Gasteiger partial charge in [0.05, 0.1) is 16.8 Å². The van der Waals surface area contributed by atoms with E-state index in [4.69, 9.17) is 25.9 Å². The molecular weight excluding hydrogens is 690 g/mol. The summed E-state index contributed by atoms with van der Waals surface area (Å²) in [5.74, 6) is 7.43. The maximum Gasteiger partial charge on any atom is 0.342 e. The molecule has 6 aliphatic rings. The minimum absolute atomic E-state index is 0.00689. The Morgan fingerprint density at radius 1 is 1.04 bits per heavy atom. The molecule has 9 atom stereocenters. The average Bonchev–Trinajstić information content (AvgIpc) is 3.80. The van der Waals surface area contributed by atoms with E-state index >= 15 is 0 Å². The van der Waals surface area contributed by atoms with E-state index in [1.54, 1.807) is 6.92 Å². The number of esters is 1. The number of phenolic OH excluding ortho intramolecular Hbond substituents is 2. The number of carbonyl (C=O) groups excluding carboxylic acids is 2. The average molecular weight is 746 g/mol. The van der Waals surface area contributed by atoms with Gasteiger partial charge < -0.3 is 24.5 Å². The summed E-state index contributed by atoms with van der Waals surface area (Å²) in [7, 11) is 0. The minimum atomic E-state index is -0.713. The highest BCUT2D eigenvalue weighted by atomic mass is 35.5. The maximum absolute atomic E-state index is 13.3. The third-order valence-electron chi connectivity index (χ3n) is 14.8. The summed E-state index contributed by atoms with van der Waals surface area (Å²) in [5, 5.41) is 25.6. The van der Waals surface area contributed by atoms with Crippen LogP contribution in [-0.4, -0.2) is 52.6 Å². The number of carbonyl (C=O) groups is 2. The molecule has 53 heavy (non-hydrogen) atoms. The molecule has 1 aromatic carbocycles. The van der Waals surface area contributed by atoms with Crippen LogP contribution in [0.2, 0.25) is 5.02 Å². The Morgan fingerprint density at radius 2 is 1.85 bits per heavy atom. The lowest BCUT2D eigenvalue weighted by Gasteiger charge is -2.65. The SMILES string of the molecule is C[C@@H]1C[C@H]2O[C@@H]2/C=C\CC/C(=N\OCCCC#C[C@@]2(C)CC[C@]3(C)C4CCC5=CC(=O)CCC5[C@]4(C)CC[C@@]23C)Cc2c(Cl)c(O)cc(O)c2C(=O)O1. The number of ketones is 1. The topological polar surface area (TPSA) is 118 Å². The third-order valence-corrected chi connectivity index (χ3v) is 15.2. The van der Waals surface area contributed by atoms with E-state index in [2.05, 4.69) is 50.8 Å². The molecule has 2 aliphatic heterocycles. The molecule has 7 rings (SSSR count). The number of hydrogen-bond acceptors (Lipinski definition) is 8. The fourth-order valence-corrected chi connectivity index (χ4v) is 11.6. The zero-order chi connectivity index (χ0) is 37.8. The third kappa shape index (κ3) is 6.84. The van der Waals surface area contributed by atoms with Crippen LogP contribution in [0.25, 0.3) is 0 Å². The van der Waals surface area contributed by atoms with Crippen molar-refractivity contribution in [3.05, 3.63) is 46.0 Å². The van der Waals surface area contributed by atoms with Crippen molar-refractivity contribution < 1.29 is 34.1 Å². The van der Waals surface area contributed by atoms with Crippen molar-refractivity contribution in [3.8, 4) is 23.3 Å². The zero-order valence-corrected chi connectivity index (χ0v) is 32.8. The highest BCUT2D eigenvalue weighted by molar-refractivity contribution is 6.33. The van der Waals surface area contributed by atoms with E-state index in [-0.39, 0.29) is 62.2 Å². The van der Waals surface area contributed by atoms with Gasteiger partial charge in [-0.05, 0) is 118 Å². The maximum atomic E-state index is 13.3. The number of epoxide rings is 1. The molecule has 3 saturated carbocycles. The van der Waals surface area contributed by atoms with E-state index in [1.165, 1.54) is 31.3 Å². The van der Waals surface area contributed by atoms with Crippen molar-refractivity contribution in [2.24, 2.45) is 38.7 Å². The number of phenols is 2. The monoisotopic (exact) mass is 745 g/mol. The van der Waals surface area contributed by atoms with Crippen LogP contribution in [0.3, 0.4) is 0 Å². The molecule has 1 saturated heterocycles. The molecule has 2 N–H and O–H groups in total. The van der Waals surface area contributed by atoms with Crippen LogP contribution in [0.1, 0.15) is 134 Å². The van der Waals surface area contributed by atoms with Crippen molar-refractivity contribution in [3.63, 3.8) is 0 Å². The first kappa shape index (κ1) is 38.0. The Labute approximate surface area is 319 Å². The molecule has 8 nitrogen and oxygen atoms in total. The van der Waals surface area contributed by atoms with E-state index in [0.29, 0.717) is 68.5 Å². The molecule has 9 heteroatoms. The lowest BCUT2D eigenvalue weighted by Crippen LogP contribution is -2.58. The lowest BCUT2D eigenvalue weighted by atomic mass is 9.39. The number of unbranched alkanes of at least 4 members (excludes halogenated alkanes) is 1. The number of benzene rings is 1. The Kier molecular flexibility index (Phi) is 10.3. The first-order chi connectivity index (χ1) is 25.2. The van der Waals surface area contributed by atoms with Crippen LogP contribution in [-0.2, 0) is 25.5 Å². The Morgan fingerprint density at radius 3 is 2.66 bits per heavy atom. The standard InChI is InChI=1S/C44H56ClNO7/c1-27-23-36-35(53-36)12-8-7-11-29(25-31-38(40(50)52-27)33(48)26-34(49)39(31)45)46-51-22-10-6-9-17-41(2)18-20-43(4)37-16-13-28-24-30(47)14-15-32(28)42(37,3)19-21-44(41,43)5/h8,12,24,26-27,32,35-37,48-49H,6-7,10-11,13-16,18-23,25H2,1-5H3/b12-8-,46-29+/t27-,32?,35-,36-,37?,41+,42+,43-,44+/m1/s1. The summed E-state index contributed by atoms with van der Waals surface area (Å²) < 4.78 is 11.4. The van der Waals surface area contributed by atoms with E-state index in [9.17, 15) is 19.8 Å². The van der Waals surface area contributed by atoms with Crippen LogP contribution < -0.4 is 0 Å². The molecule has 0 radical (unpaired) electrons. The highest BCUT2D eigenvalue weighted by Crippen LogP contribution is 2.76. The molecule has 2 heterocycles. The number of nitrogens with zero attached hydrogens (tertiary/aromatic N) is 1. The summed E-state index contributed by atoms with van der Waals surface area (Å²) in [6.45, 7) is 12.2. The molecule has 0 bridgehead atoms. The van der Waals surface area contributed by atoms with Crippen LogP contribution in [0.5, 0.6) is 11.5 Å². The van der Waals surface area contributed by atoms with E-state index in [1.807, 2.05) is 12.2 Å². The van der Waals surface area contributed by atoms with Crippen LogP contribution in [0.4, 0.5) is 0 Å². The van der Waals surface area contributed by atoms with Gasteiger partial charge in [0.1, 0.15) is 35.9 Å². The second-order valence-corrected chi connectivity index (χ2v) is 18.0. The normalized spacial score (nSPS) is 39.4. The first-order valence-corrected chi connectivity index (χ1v) is 20.2. The number of halogens is 1. The number of aromatic hydroxyl groups is 2. The molecule has 4 fully saturated rings. The number of fused-ring (bicyclic) bond motifs is 7. The van der Waals surface area contributed by atoms with Gasteiger partial charge in [-0.15, -0.1) is 5.92 Å². The molecule has 0 amide bonds. The van der Waals surface area contributed by atoms with Crippen molar-refractivity contribution in [2.75, 3.05) is 6.61 Å². The van der Waals surface area contributed by atoms with Gasteiger partial charge in [0.25, 0.3) is 0 Å². The molecule has 1 aromatic rings. The Hall–Kier alpha value is -3.28. The van der Waals surface area contributed by atoms with Crippen molar-refractivity contribution in [2.45, 2.75) is 143 Å². The zero-order valence-electron chi connectivity index (χ0n) is 32.1.